The number of carboxylic acid groups (broad SMARTS) is 2. The Morgan fingerprint density at radius 1 is 0.476 bits per heavy atom. The molecule has 0 aliphatic heterocycles. The molecule has 6 aromatic rings. The summed E-state index contributed by atoms with van der Waals surface area (Å²) in [7, 11) is 0. The minimum Gasteiger partial charge on any atom is -0.494 e. The molecule has 0 spiro atoms. The van der Waals surface area contributed by atoms with E-state index < -0.39 is 11.9 Å². The van der Waals surface area contributed by atoms with Crippen molar-refractivity contribution in [2.45, 2.75) is 85.4 Å². The number of rotatable bonds is 22. The number of carbonyl (C=O) groups is 2. The third-order valence-electron chi connectivity index (χ3n) is 10.3. The van der Waals surface area contributed by atoms with E-state index in [1.807, 2.05) is 75.4 Å². The molecule has 2 unspecified atom stereocenters. The summed E-state index contributed by atoms with van der Waals surface area (Å²) in [6, 6.07) is 46.4. The number of aryl methyl sites for hydroxylation is 2. The molecule has 9 nitrogen and oxygen atoms in total. The van der Waals surface area contributed by atoms with Gasteiger partial charge < -0.3 is 33.9 Å². The first-order valence-corrected chi connectivity index (χ1v) is 21.8. The molecular formula is C54H60O9. The van der Waals surface area contributed by atoms with Gasteiger partial charge in [-0.05, 0) is 152 Å². The Balaban J connectivity index is 0.000000239. The highest BCUT2D eigenvalue weighted by Crippen LogP contribution is 2.34. The second kappa shape index (κ2) is 24.6. The van der Waals surface area contributed by atoms with Gasteiger partial charge in [-0.15, -0.1) is 0 Å². The topological polar surface area (TPSA) is 121 Å². The van der Waals surface area contributed by atoms with Crippen LogP contribution in [0.15, 0.2) is 140 Å². The van der Waals surface area contributed by atoms with E-state index in [-0.39, 0.29) is 25.4 Å². The van der Waals surface area contributed by atoms with Gasteiger partial charge in [0.25, 0.3) is 0 Å². The van der Waals surface area contributed by atoms with Crippen LogP contribution in [0.2, 0.25) is 0 Å². The summed E-state index contributed by atoms with van der Waals surface area (Å²) < 4.78 is 29.0. The SMILES string of the molecule is CCCCC(Oc1ccc(OCC(=O)O)c(C)c1)c1cccc(-c2ccc(OCC)cc2)c1.CCCCC(Oc1ccc(OCC(=O)O)c(C)c1)c1cccc(-c2ccccc2)c1. The fourth-order valence-electron chi connectivity index (χ4n) is 7.07. The zero-order valence-electron chi connectivity index (χ0n) is 37.0. The van der Waals surface area contributed by atoms with Gasteiger partial charge >= 0.3 is 11.9 Å². The first-order chi connectivity index (χ1) is 30.6. The quantitative estimate of drug-likeness (QED) is 0.0687. The number of ether oxygens (including phenoxy) is 5. The van der Waals surface area contributed by atoms with Gasteiger partial charge in [0.05, 0.1) is 6.61 Å². The standard InChI is InChI=1S/C28H32O5.C26H28O4/c1-4-6-10-27(33-25-15-16-26(20(3)17-25)32-19-28(29)30)23-9-7-8-22(18-23)21-11-13-24(14-12-21)31-5-2;1-3-4-13-25(22-12-8-11-21(17-22)20-9-6-5-7-10-20)30-23-14-15-24(19(2)16-23)29-18-26(27)28/h7-9,11-18,27H,4-6,10,19H2,1-3H3,(H,29,30);5-12,14-17,25H,3-4,13,18H2,1-2H3,(H,27,28). The molecule has 0 radical (unpaired) electrons. The monoisotopic (exact) mass is 852 g/mol. The van der Waals surface area contributed by atoms with Crippen LogP contribution < -0.4 is 23.7 Å². The first kappa shape index (κ1) is 47.3. The van der Waals surface area contributed by atoms with Crippen molar-refractivity contribution in [1.29, 1.82) is 0 Å². The van der Waals surface area contributed by atoms with E-state index in [1.54, 1.807) is 12.1 Å². The highest BCUT2D eigenvalue weighted by molar-refractivity contribution is 5.69. The molecule has 0 saturated carbocycles. The summed E-state index contributed by atoms with van der Waals surface area (Å²) in [5.74, 6) is 1.47. The summed E-state index contributed by atoms with van der Waals surface area (Å²) >= 11 is 0. The number of carboxylic acids is 2. The molecule has 63 heavy (non-hydrogen) atoms. The molecule has 6 rings (SSSR count). The summed E-state index contributed by atoms with van der Waals surface area (Å²) in [5, 5.41) is 17.6. The molecule has 0 bridgehead atoms. The van der Waals surface area contributed by atoms with Crippen LogP contribution in [0.5, 0.6) is 28.7 Å². The average Bonchev–Trinajstić information content (AvgIpc) is 3.29. The van der Waals surface area contributed by atoms with Crippen LogP contribution in [0.4, 0.5) is 0 Å². The molecule has 0 aliphatic carbocycles. The van der Waals surface area contributed by atoms with Crippen molar-refractivity contribution in [3.63, 3.8) is 0 Å². The van der Waals surface area contributed by atoms with Crippen molar-refractivity contribution in [2.24, 2.45) is 0 Å². The van der Waals surface area contributed by atoms with Crippen molar-refractivity contribution < 1.29 is 43.5 Å². The number of aliphatic carboxylic acids is 2. The van der Waals surface area contributed by atoms with Crippen LogP contribution in [-0.2, 0) is 9.59 Å². The lowest BCUT2D eigenvalue weighted by Gasteiger charge is -2.21. The summed E-state index contributed by atoms with van der Waals surface area (Å²) in [4.78, 5) is 21.5. The number of hydrogen-bond donors (Lipinski definition) is 2. The predicted octanol–water partition coefficient (Wildman–Crippen LogP) is 13.3. The molecule has 0 aromatic heterocycles. The zero-order valence-corrected chi connectivity index (χ0v) is 37.0. The predicted molar refractivity (Wildman–Crippen MR) is 249 cm³/mol. The molecular weight excluding hydrogens is 793 g/mol. The van der Waals surface area contributed by atoms with E-state index in [0.29, 0.717) is 18.1 Å². The summed E-state index contributed by atoms with van der Waals surface area (Å²) in [5.41, 5.74) is 8.58. The molecule has 0 heterocycles. The molecule has 2 atom stereocenters. The van der Waals surface area contributed by atoms with E-state index >= 15 is 0 Å². The van der Waals surface area contributed by atoms with Gasteiger partial charge in [0, 0.05) is 0 Å². The highest BCUT2D eigenvalue weighted by Gasteiger charge is 2.17. The van der Waals surface area contributed by atoms with E-state index in [0.717, 1.165) is 89.2 Å². The van der Waals surface area contributed by atoms with E-state index in [9.17, 15) is 9.59 Å². The Hall–Kier alpha value is -6.74. The van der Waals surface area contributed by atoms with Crippen LogP contribution >= 0.6 is 0 Å². The second-order valence-electron chi connectivity index (χ2n) is 15.3. The molecule has 2 N–H and O–H groups in total. The highest BCUT2D eigenvalue weighted by atomic mass is 16.5. The van der Waals surface area contributed by atoms with Crippen molar-refractivity contribution in [2.75, 3.05) is 19.8 Å². The molecule has 0 amide bonds. The fourth-order valence-corrected chi connectivity index (χ4v) is 7.07. The van der Waals surface area contributed by atoms with Crippen LogP contribution in [0, 0.1) is 13.8 Å². The number of hydrogen-bond acceptors (Lipinski definition) is 7. The first-order valence-electron chi connectivity index (χ1n) is 21.8. The smallest absolute Gasteiger partial charge is 0.341 e. The molecule has 0 aliphatic rings. The van der Waals surface area contributed by atoms with Gasteiger partial charge in [0.1, 0.15) is 41.0 Å². The van der Waals surface area contributed by atoms with Crippen LogP contribution in [0.3, 0.4) is 0 Å². The van der Waals surface area contributed by atoms with Gasteiger partial charge in [-0.1, -0.05) is 106 Å². The lowest BCUT2D eigenvalue weighted by atomic mass is 9.98. The van der Waals surface area contributed by atoms with Crippen molar-refractivity contribution >= 4 is 11.9 Å². The normalized spacial score (nSPS) is 11.6. The van der Waals surface area contributed by atoms with Crippen LogP contribution in [0.25, 0.3) is 22.3 Å². The maximum Gasteiger partial charge on any atom is 0.341 e. The zero-order chi connectivity index (χ0) is 45.0. The van der Waals surface area contributed by atoms with Crippen LogP contribution in [0.1, 0.15) is 93.8 Å². The van der Waals surface area contributed by atoms with E-state index in [2.05, 4.69) is 86.6 Å². The summed E-state index contributed by atoms with van der Waals surface area (Å²) in [6.45, 7) is 10.0. The second-order valence-corrected chi connectivity index (χ2v) is 15.3. The molecule has 0 saturated heterocycles. The van der Waals surface area contributed by atoms with Crippen LogP contribution in [-0.4, -0.2) is 42.0 Å². The Labute approximate surface area is 372 Å². The third kappa shape index (κ3) is 15.0. The largest absolute Gasteiger partial charge is 0.494 e. The number of unbranched alkanes of at least 4 members (excludes halogenated alkanes) is 2. The minimum absolute atomic E-state index is 0.0567. The average molecular weight is 853 g/mol. The lowest BCUT2D eigenvalue weighted by molar-refractivity contribution is -0.140. The van der Waals surface area contributed by atoms with E-state index in [4.69, 9.17) is 33.9 Å². The van der Waals surface area contributed by atoms with E-state index in [1.165, 1.54) is 11.1 Å². The third-order valence-corrected chi connectivity index (χ3v) is 10.3. The molecule has 9 heteroatoms. The van der Waals surface area contributed by atoms with Gasteiger partial charge in [0.15, 0.2) is 13.2 Å². The number of benzene rings is 6. The maximum absolute atomic E-state index is 10.8. The van der Waals surface area contributed by atoms with Gasteiger partial charge in [0.2, 0.25) is 0 Å². The Morgan fingerprint density at radius 2 is 0.905 bits per heavy atom. The van der Waals surface area contributed by atoms with Gasteiger partial charge in [-0.25, -0.2) is 9.59 Å². The van der Waals surface area contributed by atoms with Gasteiger partial charge in [-0.3, -0.25) is 0 Å². The fraction of sp³-hybridized carbons (Fsp3) is 0.296. The Bertz CT molecular complexity index is 2340. The Morgan fingerprint density at radius 3 is 1.32 bits per heavy atom. The summed E-state index contributed by atoms with van der Waals surface area (Å²) in [6.07, 6.45) is 5.98. The molecule has 0 fully saturated rings. The minimum atomic E-state index is -0.998. The van der Waals surface area contributed by atoms with Gasteiger partial charge in [-0.2, -0.15) is 0 Å². The van der Waals surface area contributed by atoms with Crippen molar-refractivity contribution in [1.82, 2.24) is 0 Å². The molecule has 330 valence electrons. The lowest BCUT2D eigenvalue weighted by Crippen LogP contribution is -2.10. The maximum atomic E-state index is 10.8. The molecule has 6 aromatic carbocycles. The Kier molecular flexibility index (Phi) is 18.5. The van der Waals surface area contributed by atoms with Crippen molar-refractivity contribution in [3.05, 3.63) is 162 Å². The van der Waals surface area contributed by atoms with Crippen molar-refractivity contribution in [3.8, 4) is 51.0 Å².